The lowest BCUT2D eigenvalue weighted by Crippen LogP contribution is -2.46. The van der Waals surface area contributed by atoms with Crippen LogP contribution in [-0.4, -0.2) is 44.1 Å². The first-order valence-electron chi connectivity index (χ1n) is 7.52. The number of carbonyl (C=O) groups excluding carboxylic acids is 1. The number of hydrogen-bond donors (Lipinski definition) is 1. The molecule has 1 saturated heterocycles. The number of aliphatic imine (C=N–C) groups is 1. The van der Waals surface area contributed by atoms with Gasteiger partial charge < -0.3 is 15.0 Å². The predicted molar refractivity (Wildman–Crippen MR) is 93.0 cm³/mol. The number of likely N-dealkylation sites (tertiary alicyclic amines) is 1. The highest BCUT2D eigenvalue weighted by Crippen LogP contribution is 2.21. The van der Waals surface area contributed by atoms with Crippen LogP contribution in [0.4, 0.5) is 0 Å². The fourth-order valence-corrected chi connectivity index (χ4v) is 3.14. The highest BCUT2D eigenvalue weighted by atomic mass is 35.5. The van der Waals surface area contributed by atoms with Crippen molar-refractivity contribution in [3.63, 3.8) is 0 Å². The molecule has 0 unspecified atom stereocenters. The van der Waals surface area contributed by atoms with Crippen LogP contribution in [0.2, 0.25) is 10.0 Å². The lowest BCUT2D eigenvalue weighted by Gasteiger charge is -2.33. The van der Waals surface area contributed by atoms with Crippen LogP contribution in [0.1, 0.15) is 18.4 Å². The minimum absolute atomic E-state index is 0.0138. The number of hydrogen-bond acceptors (Lipinski definition) is 3. The number of guanidine groups is 1. The van der Waals surface area contributed by atoms with Gasteiger partial charge in [-0.1, -0.05) is 29.3 Å². The highest BCUT2D eigenvalue weighted by molar-refractivity contribution is 6.35. The molecule has 1 aliphatic rings. The standard InChI is InChI=1S/C16H21Cl2N3O2/c1-19-16(20-10-12-3-4-13(17)9-14(12)18)21-7-5-11(6-8-21)15(22)23-2/h3-4,9,11H,5-8,10H2,1-2H3,(H,19,20). The molecule has 126 valence electrons. The van der Waals surface area contributed by atoms with Gasteiger partial charge in [-0.25, -0.2) is 0 Å². The van der Waals surface area contributed by atoms with Crippen molar-refractivity contribution in [2.75, 3.05) is 27.2 Å². The third-order valence-electron chi connectivity index (χ3n) is 3.99. The minimum atomic E-state index is -0.124. The zero-order chi connectivity index (χ0) is 16.8. The van der Waals surface area contributed by atoms with Crippen LogP contribution in [0.15, 0.2) is 23.2 Å². The van der Waals surface area contributed by atoms with E-state index < -0.39 is 0 Å². The van der Waals surface area contributed by atoms with Crippen molar-refractivity contribution in [1.29, 1.82) is 0 Å². The van der Waals surface area contributed by atoms with Gasteiger partial charge in [-0.15, -0.1) is 0 Å². The second kappa shape index (κ2) is 8.41. The summed E-state index contributed by atoms with van der Waals surface area (Å²) in [6.07, 6.45) is 1.55. The number of esters is 1. The van der Waals surface area contributed by atoms with Crippen LogP contribution in [0.5, 0.6) is 0 Å². The van der Waals surface area contributed by atoms with Gasteiger partial charge in [0.05, 0.1) is 13.0 Å². The quantitative estimate of drug-likeness (QED) is 0.513. The van der Waals surface area contributed by atoms with Gasteiger partial charge in [0.15, 0.2) is 5.96 Å². The normalized spacial score (nSPS) is 16.3. The summed E-state index contributed by atoms with van der Waals surface area (Å²) in [5.74, 6) is 0.667. The summed E-state index contributed by atoms with van der Waals surface area (Å²) in [5, 5.41) is 4.55. The van der Waals surface area contributed by atoms with Crippen LogP contribution in [-0.2, 0) is 16.1 Å². The maximum absolute atomic E-state index is 11.6. The van der Waals surface area contributed by atoms with Gasteiger partial charge in [0.1, 0.15) is 0 Å². The second-order valence-corrected chi connectivity index (χ2v) is 6.26. The molecule has 0 aromatic heterocycles. The second-order valence-electron chi connectivity index (χ2n) is 5.42. The number of benzene rings is 1. The number of rotatable bonds is 3. The summed E-state index contributed by atoms with van der Waals surface area (Å²) in [4.78, 5) is 18.0. The van der Waals surface area contributed by atoms with Crippen LogP contribution < -0.4 is 5.32 Å². The minimum Gasteiger partial charge on any atom is -0.469 e. The monoisotopic (exact) mass is 357 g/mol. The Morgan fingerprint density at radius 1 is 1.39 bits per heavy atom. The Bertz CT molecular complexity index is 585. The number of nitrogens with one attached hydrogen (secondary N) is 1. The van der Waals surface area contributed by atoms with Gasteiger partial charge >= 0.3 is 5.97 Å². The van der Waals surface area contributed by atoms with Crippen LogP contribution >= 0.6 is 23.2 Å². The molecule has 5 nitrogen and oxygen atoms in total. The average molecular weight is 358 g/mol. The van der Waals surface area contributed by atoms with Gasteiger partial charge in [0.25, 0.3) is 0 Å². The highest BCUT2D eigenvalue weighted by Gasteiger charge is 2.26. The first-order valence-corrected chi connectivity index (χ1v) is 8.28. The van der Waals surface area contributed by atoms with E-state index in [1.54, 1.807) is 13.1 Å². The molecule has 1 aromatic carbocycles. The van der Waals surface area contributed by atoms with Gasteiger partial charge in [0, 0.05) is 36.7 Å². The van der Waals surface area contributed by atoms with Crippen LogP contribution in [0.3, 0.4) is 0 Å². The number of halogens is 2. The fourth-order valence-electron chi connectivity index (χ4n) is 2.67. The Morgan fingerprint density at radius 2 is 2.09 bits per heavy atom. The van der Waals surface area contributed by atoms with Crippen molar-refractivity contribution in [3.8, 4) is 0 Å². The molecule has 23 heavy (non-hydrogen) atoms. The first-order chi connectivity index (χ1) is 11.0. The molecule has 0 saturated carbocycles. The molecular formula is C16H21Cl2N3O2. The van der Waals surface area contributed by atoms with Gasteiger partial charge in [-0.2, -0.15) is 0 Å². The van der Waals surface area contributed by atoms with E-state index in [0.717, 1.165) is 37.5 Å². The molecule has 0 atom stereocenters. The van der Waals surface area contributed by atoms with Crippen LogP contribution in [0, 0.1) is 5.92 Å². The third-order valence-corrected chi connectivity index (χ3v) is 4.58. The lowest BCUT2D eigenvalue weighted by molar-refractivity contribution is -0.146. The Morgan fingerprint density at radius 3 is 2.65 bits per heavy atom. The summed E-state index contributed by atoms with van der Waals surface area (Å²) in [5.41, 5.74) is 0.960. The van der Waals surface area contributed by atoms with Crippen molar-refractivity contribution in [3.05, 3.63) is 33.8 Å². The van der Waals surface area contributed by atoms with E-state index in [1.807, 2.05) is 12.1 Å². The zero-order valence-corrected chi connectivity index (χ0v) is 14.8. The number of piperidine rings is 1. The Labute approximate surface area is 146 Å². The molecule has 0 spiro atoms. The Hall–Kier alpha value is -1.46. The molecule has 0 radical (unpaired) electrons. The van der Waals surface area contributed by atoms with Crippen molar-refractivity contribution in [1.82, 2.24) is 10.2 Å². The summed E-state index contributed by atoms with van der Waals surface area (Å²) in [7, 11) is 3.18. The van der Waals surface area contributed by atoms with E-state index in [-0.39, 0.29) is 11.9 Å². The van der Waals surface area contributed by atoms with Crippen molar-refractivity contribution < 1.29 is 9.53 Å². The van der Waals surface area contributed by atoms with Gasteiger partial charge in [-0.3, -0.25) is 9.79 Å². The van der Waals surface area contributed by atoms with E-state index in [4.69, 9.17) is 27.9 Å². The maximum atomic E-state index is 11.6. The average Bonchev–Trinajstić information content (AvgIpc) is 2.57. The summed E-state index contributed by atoms with van der Waals surface area (Å²) in [6.45, 7) is 2.11. The zero-order valence-electron chi connectivity index (χ0n) is 13.3. The smallest absolute Gasteiger partial charge is 0.308 e. The number of carbonyl (C=O) groups is 1. The molecule has 1 N–H and O–H groups in total. The van der Waals surface area contributed by atoms with E-state index in [1.165, 1.54) is 7.11 Å². The van der Waals surface area contributed by atoms with Gasteiger partial charge in [0.2, 0.25) is 0 Å². The number of ether oxygens (including phenoxy) is 1. The molecule has 0 bridgehead atoms. The van der Waals surface area contributed by atoms with Gasteiger partial charge in [-0.05, 0) is 30.5 Å². The predicted octanol–water partition coefficient (Wildman–Crippen LogP) is 2.95. The molecule has 0 aliphatic carbocycles. The van der Waals surface area contributed by atoms with E-state index >= 15 is 0 Å². The van der Waals surface area contributed by atoms with Crippen molar-refractivity contribution >= 4 is 35.1 Å². The Balaban J connectivity index is 1.90. The molecule has 0 amide bonds. The SMILES string of the molecule is CN=C(NCc1ccc(Cl)cc1Cl)N1CCC(C(=O)OC)CC1. The van der Waals surface area contributed by atoms with Crippen LogP contribution in [0.25, 0.3) is 0 Å². The maximum Gasteiger partial charge on any atom is 0.308 e. The summed E-state index contributed by atoms with van der Waals surface area (Å²) < 4.78 is 4.81. The largest absolute Gasteiger partial charge is 0.469 e. The van der Waals surface area contributed by atoms with E-state index in [2.05, 4.69) is 15.2 Å². The fraction of sp³-hybridized carbons (Fsp3) is 0.500. The molecule has 1 heterocycles. The summed E-state index contributed by atoms with van der Waals surface area (Å²) in [6, 6.07) is 5.44. The van der Waals surface area contributed by atoms with E-state index in [9.17, 15) is 4.79 Å². The number of methoxy groups -OCH3 is 1. The molecular weight excluding hydrogens is 337 g/mol. The van der Waals surface area contributed by atoms with Crippen molar-refractivity contribution in [2.24, 2.45) is 10.9 Å². The molecule has 1 fully saturated rings. The summed E-state index contributed by atoms with van der Waals surface area (Å²) >= 11 is 12.1. The Kier molecular flexibility index (Phi) is 6.54. The molecule has 2 rings (SSSR count). The number of nitrogens with zero attached hydrogens (tertiary/aromatic N) is 2. The topological polar surface area (TPSA) is 53.9 Å². The molecule has 7 heteroatoms. The first kappa shape index (κ1) is 17.9. The van der Waals surface area contributed by atoms with Crippen molar-refractivity contribution in [2.45, 2.75) is 19.4 Å². The third kappa shape index (κ3) is 4.75. The van der Waals surface area contributed by atoms with E-state index in [0.29, 0.717) is 16.6 Å². The lowest BCUT2D eigenvalue weighted by atomic mass is 9.97. The molecule has 1 aliphatic heterocycles. The molecule has 1 aromatic rings.